The number of allylic oxidation sites excluding steroid dienone is 3. The van der Waals surface area contributed by atoms with Gasteiger partial charge in [0.15, 0.2) is 0 Å². The quantitative estimate of drug-likeness (QED) is 0.522. The summed E-state index contributed by atoms with van der Waals surface area (Å²) in [6.45, 7) is 13.7. The van der Waals surface area contributed by atoms with Crippen molar-refractivity contribution in [1.82, 2.24) is 0 Å². The van der Waals surface area contributed by atoms with Crippen molar-refractivity contribution in [1.29, 1.82) is 0 Å². The van der Waals surface area contributed by atoms with Gasteiger partial charge < -0.3 is 0 Å². The second kappa shape index (κ2) is 6.35. The molecule has 0 aromatic rings. The second-order valence-electron chi connectivity index (χ2n) is 10.8. The molecule has 0 N–H and O–H groups in total. The van der Waals surface area contributed by atoms with E-state index in [1.807, 2.05) is 6.08 Å². The van der Waals surface area contributed by atoms with E-state index in [2.05, 4.69) is 40.3 Å². The van der Waals surface area contributed by atoms with Crippen LogP contribution in [0.4, 0.5) is 0 Å². The molecule has 0 heterocycles. The van der Waals surface area contributed by atoms with Gasteiger partial charge in [0.1, 0.15) is 5.78 Å². The topological polar surface area (TPSA) is 17.1 Å². The zero-order chi connectivity index (χ0) is 18.7. The first-order valence-corrected chi connectivity index (χ1v) is 11.1. The fraction of sp³-hybridized carbons (Fsp3) is 0.800. The van der Waals surface area contributed by atoms with E-state index < -0.39 is 0 Å². The molecule has 0 aliphatic heterocycles. The number of carbonyl (C=O) groups excluding carboxylic acids is 1. The number of carbonyl (C=O) groups is 1. The first-order chi connectivity index (χ1) is 12.3. The summed E-state index contributed by atoms with van der Waals surface area (Å²) >= 11 is 0. The maximum atomic E-state index is 13.1. The maximum Gasteiger partial charge on any atom is 0.137 e. The highest BCUT2D eigenvalue weighted by Gasteiger charge is 2.61. The fourth-order valence-electron chi connectivity index (χ4n) is 8.04. The largest absolute Gasteiger partial charge is 0.299 e. The van der Waals surface area contributed by atoms with Gasteiger partial charge in [0, 0.05) is 12.3 Å². The molecular weight excluding hydrogens is 316 g/mol. The first kappa shape index (κ1) is 18.5. The predicted molar refractivity (Wildman–Crippen MR) is 109 cm³/mol. The number of rotatable bonds is 3. The third kappa shape index (κ3) is 2.52. The third-order valence-corrected chi connectivity index (χ3v) is 9.37. The lowest BCUT2D eigenvalue weighted by atomic mass is 9.46. The van der Waals surface area contributed by atoms with Crippen molar-refractivity contribution < 1.29 is 4.79 Å². The standard InChI is InChI=1S/C25H38O/c1-6-7-17(3)23-22(26)15-21-19-9-8-18-14-16(2)10-12-24(18,4)20(19)11-13-25(21,23)5/h6,8,16-17,19-21,23H,1,7,9-15H2,2-5H3/t16?,17-,19-,20+,21+,23+,24+,25+/m1/s1. The van der Waals surface area contributed by atoms with Crippen molar-refractivity contribution in [3.8, 4) is 0 Å². The molecule has 1 nitrogen and oxygen atoms in total. The predicted octanol–water partition coefficient (Wildman–Crippen LogP) is 6.59. The maximum absolute atomic E-state index is 13.1. The normalized spacial score (nSPS) is 48.8. The Hall–Kier alpha value is -0.850. The molecule has 1 heteroatoms. The van der Waals surface area contributed by atoms with Gasteiger partial charge in [-0.25, -0.2) is 0 Å². The van der Waals surface area contributed by atoms with E-state index in [1.165, 1.54) is 38.5 Å². The zero-order valence-electron chi connectivity index (χ0n) is 17.4. The fourth-order valence-corrected chi connectivity index (χ4v) is 8.04. The number of hydrogen-bond donors (Lipinski definition) is 0. The Morgan fingerprint density at radius 1 is 1.23 bits per heavy atom. The highest BCUT2D eigenvalue weighted by atomic mass is 16.1. The van der Waals surface area contributed by atoms with Crippen LogP contribution in [0.1, 0.15) is 79.1 Å². The van der Waals surface area contributed by atoms with E-state index in [9.17, 15) is 4.79 Å². The smallest absolute Gasteiger partial charge is 0.137 e. The summed E-state index contributed by atoms with van der Waals surface area (Å²) in [5.41, 5.74) is 2.41. The van der Waals surface area contributed by atoms with E-state index in [4.69, 9.17) is 0 Å². The van der Waals surface area contributed by atoms with Crippen LogP contribution in [0, 0.1) is 46.3 Å². The molecule has 26 heavy (non-hydrogen) atoms. The van der Waals surface area contributed by atoms with Crippen molar-refractivity contribution in [2.24, 2.45) is 46.3 Å². The Balaban J connectivity index is 1.65. The summed E-state index contributed by atoms with van der Waals surface area (Å²) in [5, 5.41) is 0. The van der Waals surface area contributed by atoms with Gasteiger partial charge in [0.05, 0.1) is 0 Å². The molecule has 0 aromatic carbocycles. The van der Waals surface area contributed by atoms with Crippen molar-refractivity contribution in [2.45, 2.75) is 79.1 Å². The summed E-state index contributed by atoms with van der Waals surface area (Å²) in [5.74, 6) is 4.29. The lowest BCUT2D eigenvalue weighted by Crippen LogP contribution is -2.50. The SMILES string of the molecule is C=CC[C@@H](C)[C@H]1C(=O)C[C@H]2[C@@H]3CC=C4CC(C)CC[C@]4(C)[C@H]3CC[C@]12C. The first-order valence-electron chi connectivity index (χ1n) is 11.1. The number of fused-ring (bicyclic) bond motifs is 5. The average Bonchev–Trinajstić information content (AvgIpc) is 2.86. The number of hydrogen-bond acceptors (Lipinski definition) is 1. The lowest BCUT2D eigenvalue weighted by Gasteiger charge is -2.58. The molecule has 0 aromatic heterocycles. The average molecular weight is 355 g/mol. The minimum atomic E-state index is 0.227. The van der Waals surface area contributed by atoms with E-state index in [1.54, 1.807) is 5.57 Å². The molecule has 4 aliphatic rings. The molecule has 0 radical (unpaired) electrons. The Morgan fingerprint density at radius 3 is 2.73 bits per heavy atom. The Morgan fingerprint density at radius 2 is 2.00 bits per heavy atom. The minimum Gasteiger partial charge on any atom is -0.299 e. The molecular formula is C25H38O. The van der Waals surface area contributed by atoms with Crippen LogP contribution in [-0.2, 0) is 4.79 Å². The third-order valence-electron chi connectivity index (χ3n) is 9.37. The highest BCUT2D eigenvalue weighted by Crippen LogP contribution is 2.66. The Kier molecular flexibility index (Phi) is 4.52. The van der Waals surface area contributed by atoms with Crippen LogP contribution in [0.3, 0.4) is 0 Å². The molecule has 0 bridgehead atoms. The second-order valence-corrected chi connectivity index (χ2v) is 10.8. The molecule has 3 fully saturated rings. The molecule has 4 aliphatic carbocycles. The van der Waals surface area contributed by atoms with Crippen LogP contribution in [-0.4, -0.2) is 5.78 Å². The minimum absolute atomic E-state index is 0.227. The summed E-state index contributed by atoms with van der Waals surface area (Å²) < 4.78 is 0. The summed E-state index contributed by atoms with van der Waals surface area (Å²) in [7, 11) is 0. The van der Waals surface area contributed by atoms with Crippen molar-refractivity contribution in [3.05, 3.63) is 24.3 Å². The van der Waals surface area contributed by atoms with Crippen LogP contribution in [0.15, 0.2) is 24.3 Å². The Bertz CT molecular complexity index is 630. The van der Waals surface area contributed by atoms with Gasteiger partial charge in [-0.1, -0.05) is 45.4 Å². The monoisotopic (exact) mass is 354 g/mol. The molecule has 4 rings (SSSR count). The van der Waals surface area contributed by atoms with Gasteiger partial charge in [-0.15, -0.1) is 6.58 Å². The zero-order valence-corrected chi connectivity index (χ0v) is 17.4. The lowest BCUT2D eigenvalue weighted by molar-refractivity contribution is -0.124. The molecule has 8 atom stereocenters. The number of Topliss-reactive ketones (excluding diaryl/α,β-unsaturated/α-hetero) is 1. The van der Waals surface area contributed by atoms with Crippen molar-refractivity contribution in [3.63, 3.8) is 0 Å². The molecule has 3 saturated carbocycles. The van der Waals surface area contributed by atoms with E-state index in [-0.39, 0.29) is 11.3 Å². The molecule has 0 amide bonds. The van der Waals surface area contributed by atoms with Gasteiger partial charge in [-0.2, -0.15) is 0 Å². The molecule has 0 spiro atoms. The van der Waals surface area contributed by atoms with E-state index in [0.717, 1.165) is 30.6 Å². The van der Waals surface area contributed by atoms with Gasteiger partial charge in [0.2, 0.25) is 0 Å². The van der Waals surface area contributed by atoms with Gasteiger partial charge in [-0.3, -0.25) is 4.79 Å². The highest BCUT2D eigenvalue weighted by molar-refractivity contribution is 5.85. The van der Waals surface area contributed by atoms with E-state index >= 15 is 0 Å². The molecule has 1 unspecified atom stereocenters. The summed E-state index contributed by atoms with van der Waals surface area (Å²) in [4.78, 5) is 13.1. The van der Waals surface area contributed by atoms with Crippen LogP contribution >= 0.6 is 0 Å². The Labute approximate surface area is 160 Å². The summed E-state index contributed by atoms with van der Waals surface area (Å²) in [6, 6.07) is 0. The molecule has 144 valence electrons. The van der Waals surface area contributed by atoms with Crippen LogP contribution in [0.5, 0.6) is 0 Å². The van der Waals surface area contributed by atoms with Crippen LogP contribution in [0.2, 0.25) is 0 Å². The van der Waals surface area contributed by atoms with Gasteiger partial charge in [0.25, 0.3) is 0 Å². The molecule has 0 saturated heterocycles. The van der Waals surface area contributed by atoms with Gasteiger partial charge >= 0.3 is 0 Å². The van der Waals surface area contributed by atoms with E-state index in [0.29, 0.717) is 23.0 Å². The van der Waals surface area contributed by atoms with Crippen molar-refractivity contribution in [2.75, 3.05) is 0 Å². The van der Waals surface area contributed by atoms with Crippen LogP contribution in [0.25, 0.3) is 0 Å². The van der Waals surface area contributed by atoms with Crippen LogP contribution < -0.4 is 0 Å². The summed E-state index contributed by atoms with van der Waals surface area (Å²) in [6.07, 6.45) is 14.4. The van der Waals surface area contributed by atoms with Crippen molar-refractivity contribution >= 4 is 5.78 Å². The van der Waals surface area contributed by atoms with Gasteiger partial charge in [-0.05, 0) is 85.4 Å². The number of ketones is 1.